The summed E-state index contributed by atoms with van der Waals surface area (Å²) in [4.78, 5) is 0. The van der Waals surface area contributed by atoms with Crippen LogP contribution in [-0.2, 0) is 0 Å². The molecule has 0 aliphatic carbocycles. The van der Waals surface area contributed by atoms with Crippen LogP contribution in [0.4, 0.5) is 0 Å². The van der Waals surface area contributed by atoms with Gasteiger partial charge in [0.2, 0.25) is 0 Å². The van der Waals surface area contributed by atoms with Crippen LogP contribution in [0.1, 0.15) is 8.22 Å². The van der Waals surface area contributed by atoms with Gasteiger partial charge in [-0.2, -0.15) is 0 Å². The largest absolute Gasteiger partial charge is 0.456 e. The number of benzene rings is 9. The molecule has 10 rings (SSSR count). The van der Waals surface area contributed by atoms with Crippen molar-refractivity contribution < 1.29 is 12.6 Å². The maximum Gasteiger partial charge on any atom is 0.136 e. The van der Waals surface area contributed by atoms with Crippen LogP contribution < -0.4 is 0 Å². The molecule has 1 heteroatoms. The van der Waals surface area contributed by atoms with Crippen LogP contribution in [0, 0.1) is 0 Å². The first-order valence-corrected chi connectivity index (χ1v) is 17.0. The SMILES string of the molecule is [2H]c1c(-c2ccccc2)c([2H])c2c(oc3c([2H])c([2H])c([2H])c(-c4c5ccccc5c(-c5ccccc5-c5ccc(-c6ccccc6)cc5)c5ccccc45)c32)c1[2H]. The maximum absolute atomic E-state index is 9.57. The summed E-state index contributed by atoms with van der Waals surface area (Å²) in [5.41, 5.74) is 8.44. The molecule has 9 aromatic carbocycles. The fraction of sp³-hybridized carbons (Fsp3) is 0. The number of hydrogen-bond acceptors (Lipinski definition) is 1. The van der Waals surface area contributed by atoms with Crippen LogP contribution in [0.5, 0.6) is 0 Å². The molecule has 0 amide bonds. The van der Waals surface area contributed by atoms with Crippen molar-refractivity contribution in [2.24, 2.45) is 0 Å². The molecule has 0 fully saturated rings. The molecule has 0 bridgehead atoms. The van der Waals surface area contributed by atoms with E-state index < -0.39 is 0 Å². The van der Waals surface area contributed by atoms with E-state index in [4.69, 9.17) is 9.90 Å². The molecule has 0 atom stereocenters. The second-order valence-electron chi connectivity index (χ2n) is 12.7. The van der Waals surface area contributed by atoms with Gasteiger partial charge in [0, 0.05) is 10.8 Å². The van der Waals surface area contributed by atoms with E-state index in [1.165, 1.54) is 0 Å². The summed E-state index contributed by atoms with van der Waals surface area (Å²) < 4.78 is 61.5. The van der Waals surface area contributed by atoms with Gasteiger partial charge in [0.1, 0.15) is 11.2 Å². The molecule has 0 radical (unpaired) electrons. The molecule has 0 saturated carbocycles. The first-order valence-electron chi connectivity index (χ1n) is 20.0. The minimum absolute atomic E-state index is 0.00290. The Labute approximate surface area is 305 Å². The van der Waals surface area contributed by atoms with E-state index in [0.717, 1.165) is 54.9 Å². The number of furan rings is 1. The molecule has 0 aliphatic rings. The van der Waals surface area contributed by atoms with Gasteiger partial charge >= 0.3 is 0 Å². The van der Waals surface area contributed by atoms with Crippen molar-refractivity contribution in [3.63, 3.8) is 0 Å². The van der Waals surface area contributed by atoms with Gasteiger partial charge in [-0.1, -0.05) is 176 Å². The monoisotopic (exact) mass is 654 g/mol. The number of rotatable bonds is 5. The Morgan fingerprint density at radius 2 is 0.824 bits per heavy atom. The third-order valence-corrected chi connectivity index (χ3v) is 9.82. The molecule has 238 valence electrons. The number of fused-ring (bicyclic) bond motifs is 5. The highest BCUT2D eigenvalue weighted by atomic mass is 16.3. The standard InChI is InChI=1S/C50H32O/c1-3-14-33(15-4-1)35-26-28-36(29-27-35)38-18-7-8-19-39(38)48-40-20-9-11-22-42(40)49(43-23-12-10-21-41(43)48)44-24-13-25-47-50(44)45-32-37(30-31-46(45)51-47)34-16-5-2-6-17-34/h1-32H/i13D,24D,25D,30D,31D,32D. The van der Waals surface area contributed by atoms with E-state index >= 15 is 0 Å². The second-order valence-corrected chi connectivity index (χ2v) is 12.7. The Balaban J connectivity index is 1.30. The summed E-state index contributed by atoms with van der Waals surface area (Å²) in [6, 6.07) is 51.5. The van der Waals surface area contributed by atoms with Crippen molar-refractivity contribution in [2.45, 2.75) is 0 Å². The van der Waals surface area contributed by atoms with Crippen molar-refractivity contribution >= 4 is 43.5 Å². The Bertz CT molecular complexity index is 3170. The van der Waals surface area contributed by atoms with Crippen molar-refractivity contribution in [2.75, 3.05) is 0 Å². The Morgan fingerprint density at radius 1 is 0.333 bits per heavy atom. The third-order valence-electron chi connectivity index (χ3n) is 9.82. The Hall–Kier alpha value is -6.70. The normalized spacial score (nSPS) is 13.2. The van der Waals surface area contributed by atoms with E-state index in [1.807, 2.05) is 84.9 Å². The highest BCUT2D eigenvalue weighted by Crippen LogP contribution is 2.48. The lowest BCUT2D eigenvalue weighted by atomic mass is 9.83. The highest BCUT2D eigenvalue weighted by Gasteiger charge is 2.21. The summed E-state index contributed by atoms with van der Waals surface area (Å²) in [6.45, 7) is 0. The quantitative estimate of drug-likeness (QED) is 0.168. The van der Waals surface area contributed by atoms with Gasteiger partial charge in [-0.05, 0) is 95.3 Å². The summed E-state index contributed by atoms with van der Waals surface area (Å²) >= 11 is 0. The van der Waals surface area contributed by atoms with Crippen LogP contribution in [-0.4, -0.2) is 0 Å². The van der Waals surface area contributed by atoms with Gasteiger partial charge in [-0.25, -0.2) is 0 Å². The minimum atomic E-state index is -0.314. The van der Waals surface area contributed by atoms with E-state index in [2.05, 4.69) is 72.8 Å². The highest BCUT2D eigenvalue weighted by molar-refractivity contribution is 6.26. The molecule has 1 nitrogen and oxygen atoms in total. The lowest BCUT2D eigenvalue weighted by Gasteiger charge is -2.20. The minimum Gasteiger partial charge on any atom is -0.456 e. The first kappa shape index (κ1) is 23.6. The van der Waals surface area contributed by atoms with E-state index in [9.17, 15) is 2.74 Å². The average Bonchev–Trinajstić information content (AvgIpc) is 3.67. The third kappa shape index (κ3) is 4.86. The van der Waals surface area contributed by atoms with E-state index in [1.54, 1.807) is 0 Å². The van der Waals surface area contributed by atoms with Crippen LogP contribution in [0.15, 0.2) is 198 Å². The molecule has 0 spiro atoms. The summed E-state index contributed by atoms with van der Waals surface area (Å²) in [6.07, 6.45) is 0. The zero-order valence-electron chi connectivity index (χ0n) is 33.4. The van der Waals surface area contributed by atoms with Gasteiger partial charge in [0.05, 0.1) is 8.22 Å². The van der Waals surface area contributed by atoms with Crippen molar-refractivity contribution in [1.82, 2.24) is 0 Å². The summed E-state index contributed by atoms with van der Waals surface area (Å²) in [7, 11) is 0. The summed E-state index contributed by atoms with van der Waals surface area (Å²) in [5.74, 6) is 0. The fourth-order valence-electron chi connectivity index (χ4n) is 7.50. The van der Waals surface area contributed by atoms with Gasteiger partial charge in [-0.15, -0.1) is 0 Å². The molecular formula is C50H32O. The first-order chi connectivity index (χ1) is 27.8. The van der Waals surface area contributed by atoms with E-state index in [0.29, 0.717) is 22.1 Å². The smallest absolute Gasteiger partial charge is 0.136 e. The zero-order valence-corrected chi connectivity index (χ0v) is 27.4. The van der Waals surface area contributed by atoms with Crippen LogP contribution >= 0.6 is 0 Å². The Morgan fingerprint density at radius 3 is 1.45 bits per heavy atom. The molecule has 51 heavy (non-hydrogen) atoms. The van der Waals surface area contributed by atoms with Gasteiger partial charge in [0.15, 0.2) is 0 Å². The molecule has 10 aromatic rings. The average molecular weight is 655 g/mol. The van der Waals surface area contributed by atoms with E-state index in [-0.39, 0.29) is 58.4 Å². The van der Waals surface area contributed by atoms with Gasteiger partial charge in [0.25, 0.3) is 0 Å². The van der Waals surface area contributed by atoms with Crippen LogP contribution in [0.2, 0.25) is 0 Å². The molecule has 1 heterocycles. The molecule has 0 unspecified atom stereocenters. The second kappa shape index (κ2) is 12.0. The topological polar surface area (TPSA) is 13.1 Å². The molecule has 0 saturated heterocycles. The molecule has 1 aromatic heterocycles. The van der Waals surface area contributed by atoms with Crippen molar-refractivity contribution in [3.8, 4) is 55.6 Å². The predicted octanol–water partition coefficient (Wildman–Crippen LogP) is 14.2. The van der Waals surface area contributed by atoms with Crippen molar-refractivity contribution in [3.05, 3.63) is 194 Å². The van der Waals surface area contributed by atoms with Crippen molar-refractivity contribution in [1.29, 1.82) is 0 Å². The predicted molar refractivity (Wildman–Crippen MR) is 216 cm³/mol. The zero-order chi connectivity index (χ0) is 38.9. The molecule has 0 N–H and O–H groups in total. The molecular weight excluding hydrogens is 617 g/mol. The van der Waals surface area contributed by atoms with Crippen LogP contribution in [0.25, 0.3) is 99.1 Å². The maximum atomic E-state index is 9.57. The van der Waals surface area contributed by atoms with Crippen LogP contribution in [0.3, 0.4) is 0 Å². The lowest BCUT2D eigenvalue weighted by Crippen LogP contribution is -1.93. The van der Waals surface area contributed by atoms with Gasteiger partial charge in [-0.3, -0.25) is 0 Å². The number of hydrogen-bond donors (Lipinski definition) is 0. The lowest BCUT2D eigenvalue weighted by molar-refractivity contribution is 0.669. The summed E-state index contributed by atoms with van der Waals surface area (Å²) in [5, 5.41) is 4.12. The fourth-order valence-corrected chi connectivity index (χ4v) is 7.50. The van der Waals surface area contributed by atoms with Gasteiger partial charge < -0.3 is 4.42 Å². The Kier molecular flexibility index (Phi) is 5.56. The molecule has 0 aliphatic heterocycles.